The summed E-state index contributed by atoms with van der Waals surface area (Å²) in [7, 11) is 0. The highest BCUT2D eigenvalue weighted by molar-refractivity contribution is 5.89. The van der Waals surface area contributed by atoms with Crippen molar-refractivity contribution < 1.29 is 14.3 Å². The highest BCUT2D eigenvalue weighted by atomic mass is 19.1. The predicted octanol–water partition coefficient (Wildman–Crippen LogP) is 2.87. The summed E-state index contributed by atoms with van der Waals surface area (Å²) in [5.41, 5.74) is 1.39. The fourth-order valence-electron chi connectivity index (χ4n) is 1.17. The number of carbonyl (C=O) groups is 1. The number of aromatic carboxylic acids is 1. The van der Waals surface area contributed by atoms with Crippen molar-refractivity contribution in [3.63, 3.8) is 0 Å². The largest absolute Gasteiger partial charge is 0.478 e. The Morgan fingerprint density at radius 1 is 1.50 bits per heavy atom. The number of aryl methyl sites for hydroxylation is 1. The van der Waals surface area contributed by atoms with Crippen molar-refractivity contribution in [1.82, 2.24) is 0 Å². The molecule has 0 bridgehead atoms. The van der Waals surface area contributed by atoms with E-state index in [1.807, 2.05) is 0 Å². The smallest absolute Gasteiger partial charge is 0.338 e. The van der Waals surface area contributed by atoms with Crippen molar-refractivity contribution in [1.29, 1.82) is 0 Å². The Morgan fingerprint density at radius 2 is 2.07 bits per heavy atom. The van der Waals surface area contributed by atoms with Gasteiger partial charge in [-0.05, 0) is 37.1 Å². The first kappa shape index (κ1) is 10.4. The molecule has 1 rings (SSSR count). The first-order valence-electron chi connectivity index (χ1n) is 4.12. The third-order valence-corrected chi connectivity index (χ3v) is 1.98. The van der Waals surface area contributed by atoms with E-state index in [1.165, 1.54) is 13.0 Å². The monoisotopic (exact) mass is 194 g/mol. The van der Waals surface area contributed by atoms with Gasteiger partial charge in [-0.3, -0.25) is 0 Å². The van der Waals surface area contributed by atoms with E-state index in [0.29, 0.717) is 11.1 Å². The van der Waals surface area contributed by atoms with Crippen molar-refractivity contribution in [3.8, 4) is 0 Å². The molecule has 2 nitrogen and oxygen atoms in total. The van der Waals surface area contributed by atoms with Crippen LogP contribution in [-0.2, 0) is 0 Å². The number of halogens is 1. The quantitative estimate of drug-likeness (QED) is 0.785. The average Bonchev–Trinajstić information content (AvgIpc) is 2.08. The van der Waals surface area contributed by atoms with Crippen LogP contribution in [0, 0.1) is 12.7 Å². The number of rotatable bonds is 2. The van der Waals surface area contributed by atoms with Crippen LogP contribution in [0.25, 0.3) is 5.57 Å². The summed E-state index contributed by atoms with van der Waals surface area (Å²) in [5.74, 6) is -1.93. The lowest BCUT2D eigenvalue weighted by atomic mass is 10.0. The molecule has 0 radical (unpaired) electrons. The summed E-state index contributed by atoms with van der Waals surface area (Å²) in [4.78, 5) is 10.7. The number of hydrogen-bond acceptors (Lipinski definition) is 1. The van der Waals surface area contributed by atoms with E-state index in [1.54, 1.807) is 13.0 Å². The van der Waals surface area contributed by atoms with Gasteiger partial charge in [0, 0.05) is 0 Å². The summed E-state index contributed by atoms with van der Waals surface area (Å²) in [6, 6.07) is 2.89. The van der Waals surface area contributed by atoms with Gasteiger partial charge in [0.05, 0.1) is 5.56 Å². The molecule has 74 valence electrons. The molecule has 0 atom stereocenters. The fourth-order valence-corrected chi connectivity index (χ4v) is 1.17. The van der Waals surface area contributed by atoms with Crippen LogP contribution in [-0.4, -0.2) is 11.1 Å². The van der Waals surface area contributed by atoms with Gasteiger partial charge in [-0.15, -0.1) is 0 Å². The minimum atomic E-state index is -1.26. The van der Waals surface area contributed by atoms with Gasteiger partial charge in [-0.2, -0.15) is 0 Å². The van der Waals surface area contributed by atoms with Gasteiger partial charge in [-0.1, -0.05) is 12.2 Å². The van der Waals surface area contributed by atoms with Gasteiger partial charge in [0.15, 0.2) is 0 Å². The summed E-state index contributed by atoms with van der Waals surface area (Å²) in [6.45, 7) is 6.97. The van der Waals surface area contributed by atoms with Gasteiger partial charge in [-0.25, -0.2) is 9.18 Å². The van der Waals surface area contributed by atoms with Gasteiger partial charge >= 0.3 is 5.97 Å². The van der Waals surface area contributed by atoms with Crippen LogP contribution in [0.3, 0.4) is 0 Å². The second kappa shape index (κ2) is 3.62. The van der Waals surface area contributed by atoms with Crippen molar-refractivity contribution in [2.24, 2.45) is 0 Å². The molecule has 0 saturated heterocycles. The molecular formula is C11H11FO2. The molecule has 0 aromatic heterocycles. The molecule has 0 aliphatic heterocycles. The highest BCUT2D eigenvalue weighted by Gasteiger charge is 2.13. The SMILES string of the molecule is C=C(C)c1cc(C)c(F)c(C(=O)O)c1. The molecule has 0 unspecified atom stereocenters. The Labute approximate surface area is 81.7 Å². The molecule has 14 heavy (non-hydrogen) atoms. The maximum Gasteiger partial charge on any atom is 0.338 e. The van der Waals surface area contributed by atoms with Crippen LogP contribution in [0.15, 0.2) is 18.7 Å². The summed E-state index contributed by atoms with van der Waals surface area (Å²) in [5, 5.41) is 8.73. The van der Waals surface area contributed by atoms with E-state index in [0.717, 1.165) is 5.57 Å². The number of carboxylic acids is 1. The van der Waals surface area contributed by atoms with Crippen molar-refractivity contribution >= 4 is 11.5 Å². The minimum Gasteiger partial charge on any atom is -0.478 e. The van der Waals surface area contributed by atoms with Crippen molar-refractivity contribution in [2.75, 3.05) is 0 Å². The lowest BCUT2D eigenvalue weighted by Gasteiger charge is -2.06. The van der Waals surface area contributed by atoms with Gasteiger partial charge in [0.2, 0.25) is 0 Å². The van der Waals surface area contributed by atoms with Crippen molar-refractivity contribution in [3.05, 3.63) is 41.2 Å². The van der Waals surface area contributed by atoms with Gasteiger partial charge < -0.3 is 5.11 Å². The zero-order valence-corrected chi connectivity index (χ0v) is 8.10. The van der Waals surface area contributed by atoms with Gasteiger partial charge in [0.25, 0.3) is 0 Å². The molecule has 1 N–H and O–H groups in total. The topological polar surface area (TPSA) is 37.3 Å². The zero-order chi connectivity index (χ0) is 10.9. The minimum absolute atomic E-state index is 0.303. The molecule has 0 heterocycles. The molecule has 0 amide bonds. The fraction of sp³-hybridized carbons (Fsp3) is 0.182. The maximum atomic E-state index is 13.3. The molecule has 0 fully saturated rings. The number of benzene rings is 1. The van der Waals surface area contributed by atoms with Crippen LogP contribution in [0.1, 0.15) is 28.4 Å². The molecular weight excluding hydrogens is 183 g/mol. The lowest BCUT2D eigenvalue weighted by Crippen LogP contribution is -2.03. The number of hydrogen-bond donors (Lipinski definition) is 1. The third kappa shape index (κ3) is 1.82. The predicted molar refractivity (Wildman–Crippen MR) is 52.8 cm³/mol. The van der Waals surface area contributed by atoms with E-state index < -0.39 is 11.8 Å². The average molecular weight is 194 g/mol. The Balaban J connectivity index is 3.43. The third-order valence-electron chi connectivity index (χ3n) is 1.98. The Kier molecular flexibility index (Phi) is 2.70. The van der Waals surface area contributed by atoms with Crippen LogP contribution >= 0.6 is 0 Å². The van der Waals surface area contributed by atoms with E-state index in [9.17, 15) is 9.18 Å². The van der Waals surface area contributed by atoms with Crippen molar-refractivity contribution in [2.45, 2.75) is 13.8 Å². The van der Waals surface area contributed by atoms with E-state index >= 15 is 0 Å². The first-order chi connectivity index (χ1) is 6.43. The summed E-state index contributed by atoms with van der Waals surface area (Å²) in [6.07, 6.45) is 0. The molecule has 0 aliphatic carbocycles. The second-order valence-corrected chi connectivity index (χ2v) is 3.24. The van der Waals surface area contributed by atoms with E-state index in [-0.39, 0.29) is 5.56 Å². The highest BCUT2D eigenvalue weighted by Crippen LogP contribution is 2.20. The Bertz CT molecular complexity index is 408. The van der Waals surface area contributed by atoms with Crippen LogP contribution in [0.2, 0.25) is 0 Å². The van der Waals surface area contributed by atoms with Crippen LogP contribution in [0.4, 0.5) is 4.39 Å². The normalized spacial score (nSPS) is 9.93. The maximum absolute atomic E-state index is 13.3. The number of allylic oxidation sites excluding steroid dienone is 1. The summed E-state index contributed by atoms with van der Waals surface area (Å²) >= 11 is 0. The standard InChI is InChI=1S/C11H11FO2/c1-6(2)8-4-7(3)10(12)9(5-8)11(13)14/h4-5H,1H2,2-3H3,(H,13,14). The second-order valence-electron chi connectivity index (χ2n) is 3.24. The molecule has 1 aromatic rings. The lowest BCUT2D eigenvalue weighted by molar-refractivity contribution is 0.0691. The van der Waals surface area contributed by atoms with E-state index in [4.69, 9.17) is 5.11 Å². The first-order valence-corrected chi connectivity index (χ1v) is 4.12. The molecule has 0 aliphatic rings. The molecule has 1 aromatic carbocycles. The van der Waals surface area contributed by atoms with E-state index in [2.05, 4.69) is 6.58 Å². The number of carboxylic acid groups (broad SMARTS) is 1. The molecule has 0 spiro atoms. The summed E-state index contributed by atoms with van der Waals surface area (Å²) < 4.78 is 13.3. The molecule has 3 heteroatoms. The van der Waals surface area contributed by atoms with Crippen LogP contribution < -0.4 is 0 Å². The zero-order valence-electron chi connectivity index (χ0n) is 8.10. The Morgan fingerprint density at radius 3 is 2.50 bits per heavy atom. The van der Waals surface area contributed by atoms with Gasteiger partial charge in [0.1, 0.15) is 5.82 Å². The van der Waals surface area contributed by atoms with Crippen LogP contribution in [0.5, 0.6) is 0 Å². The molecule has 0 saturated carbocycles. The Hall–Kier alpha value is -1.64.